The van der Waals surface area contributed by atoms with E-state index in [9.17, 15) is 13.2 Å². The SMILES string of the molecule is CS(=O)(=O)OCCOc1ccc(-c2nc3cccc4c3n2CCNC4=O)cc1. The molecule has 4 rings (SSSR count). The van der Waals surface area contributed by atoms with Crippen molar-refractivity contribution in [2.24, 2.45) is 0 Å². The minimum absolute atomic E-state index is 0.0415. The maximum absolute atomic E-state index is 12.3. The third kappa shape index (κ3) is 3.71. The van der Waals surface area contributed by atoms with Gasteiger partial charge in [0, 0.05) is 18.7 Å². The van der Waals surface area contributed by atoms with Crippen molar-refractivity contribution in [2.75, 3.05) is 26.0 Å². The Morgan fingerprint density at radius 3 is 2.68 bits per heavy atom. The molecule has 8 nitrogen and oxygen atoms in total. The van der Waals surface area contributed by atoms with Gasteiger partial charge in [0.05, 0.1) is 22.9 Å². The van der Waals surface area contributed by atoms with Crippen LogP contribution in [0.2, 0.25) is 0 Å². The number of carbonyl (C=O) groups is 1. The van der Waals surface area contributed by atoms with Crippen LogP contribution < -0.4 is 10.1 Å². The van der Waals surface area contributed by atoms with E-state index in [0.717, 1.165) is 28.7 Å². The van der Waals surface area contributed by atoms with Crippen LogP contribution in [-0.4, -0.2) is 49.9 Å². The molecule has 1 aromatic heterocycles. The van der Waals surface area contributed by atoms with E-state index in [1.54, 1.807) is 18.2 Å². The number of benzene rings is 2. The zero-order chi connectivity index (χ0) is 19.7. The van der Waals surface area contributed by atoms with Crippen molar-refractivity contribution in [3.8, 4) is 17.1 Å². The first-order chi connectivity index (χ1) is 13.4. The van der Waals surface area contributed by atoms with E-state index < -0.39 is 10.1 Å². The standard InChI is InChI=1S/C19H19N3O5S/c1-28(24,25)27-12-11-26-14-7-5-13(6-8-14)18-21-16-4-2-3-15-17(16)22(18)10-9-20-19(15)23/h2-8H,9-12H2,1H3,(H,20,23). The Balaban J connectivity index is 1.58. The van der Waals surface area contributed by atoms with Gasteiger partial charge >= 0.3 is 0 Å². The van der Waals surface area contributed by atoms with E-state index in [4.69, 9.17) is 9.72 Å². The lowest BCUT2D eigenvalue weighted by molar-refractivity contribution is 0.0956. The average molecular weight is 401 g/mol. The van der Waals surface area contributed by atoms with Crippen LogP contribution in [0.4, 0.5) is 0 Å². The molecular weight excluding hydrogens is 382 g/mol. The maximum atomic E-state index is 12.3. The predicted octanol–water partition coefficient (Wildman–Crippen LogP) is 1.80. The van der Waals surface area contributed by atoms with Gasteiger partial charge in [-0.25, -0.2) is 4.98 Å². The Bertz CT molecular complexity index is 1140. The number of para-hydroxylation sites is 1. The Morgan fingerprint density at radius 1 is 1.14 bits per heavy atom. The minimum Gasteiger partial charge on any atom is -0.491 e. The van der Waals surface area contributed by atoms with Gasteiger partial charge in [-0.05, 0) is 36.4 Å². The first-order valence-electron chi connectivity index (χ1n) is 8.77. The van der Waals surface area contributed by atoms with E-state index in [-0.39, 0.29) is 19.1 Å². The van der Waals surface area contributed by atoms with Crippen LogP contribution >= 0.6 is 0 Å². The van der Waals surface area contributed by atoms with E-state index >= 15 is 0 Å². The lowest BCUT2D eigenvalue weighted by atomic mass is 10.1. The first kappa shape index (κ1) is 18.5. The number of nitrogens with zero attached hydrogens (tertiary/aromatic N) is 2. The lowest BCUT2D eigenvalue weighted by Crippen LogP contribution is -2.24. The molecule has 3 aromatic rings. The number of ether oxygens (including phenoxy) is 1. The summed E-state index contributed by atoms with van der Waals surface area (Å²) in [4.78, 5) is 17.0. The summed E-state index contributed by atoms with van der Waals surface area (Å²) in [7, 11) is -3.47. The Labute approximate surface area is 162 Å². The Morgan fingerprint density at radius 2 is 1.93 bits per heavy atom. The molecule has 2 aromatic carbocycles. The molecule has 0 saturated carbocycles. The molecule has 1 aliphatic rings. The fourth-order valence-electron chi connectivity index (χ4n) is 3.23. The largest absolute Gasteiger partial charge is 0.491 e. The summed E-state index contributed by atoms with van der Waals surface area (Å²) in [5, 5.41) is 2.90. The third-order valence-corrected chi connectivity index (χ3v) is 4.99. The normalized spacial score (nSPS) is 14.0. The second-order valence-corrected chi connectivity index (χ2v) is 8.06. The van der Waals surface area contributed by atoms with Gasteiger partial charge in [0.2, 0.25) is 0 Å². The van der Waals surface area contributed by atoms with Gasteiger partial charge in [-0.1, -0.05) is 6.07 Å². The van der Waals surface area contributed by atoms with Crippen LogP contribution in [0.1, 0.15) is 10.4 Å². The van der Waals surface area contributed by atoms with Gasteiger partial charge in [0.15, 0.2) is 0 Å². The molecule has 1 aliphatic heterocycles. The zero-order valence-electron chi connectivity index (χ0n) is 15.2. The maximum Gasteiger partial charge on any atom is 0.264 e. The van der Waals surface area contributed by atoms with Crippen molar-refractivity contribution in [3.05, 3.63) is 48.0 Å². The molecule has 1 amide bonds. The van der Waals surface area contributed by atoms with Crippen molar-refractivity contribution in [2.45, 2.75) is 6.54 Å². The monoisotopic (exact) mass is 401 g/mol. The third-order valence-electron chi connectivity index (χ3n) is 4.39. The van der Waals surface area contributed by atoms with Gasteiger partial charge in [-0.15, -0.1) is 0 Å². The van der Waals surface area contributed by atoms with Gasteiger partial charge < -0.3 is 14.6 Å². The molecule has 0 aliphatic carbocycles. The highest BCUT2D eigenvalue weighted by molar-refractivity contribution is 7.85. The van der Waals surface area contributed by atoms with E-state index in [0.29, 0.717) is 24.4 Å². The molecule has 9 heteroatoms. The number of imidazole rings is 1. The summed E-state index contributed by atoms with van der Waals surface area (Å²) in [6.07, 6.45) is 0.999. The fourth-order valence-corrected chi connectivity index (χ4v) is 3.60. The molecule has 0 spiro atoms. The molecular formula is C19H19N3O5S. The number of amides is 1. The van der Waals surface area contributed by atoms with Gasteiger partial charge in [0.1, 0.15) is 24.8 Å². The van der Waals surface area contributed by atoms with E-state index in [1.165, 1.54) is 0 Å². The van der Waals surface area contributed by atoms with Crippen LogP contribution in [0.5, 0.6) is 5.75 Å². The van der Waals surface area contributed by atoms with Crippen LogP contribution in [0.3, 0.4) is 0 Å². The molecule has 0 bridgehead atoms. The van der Waals surface area contributed by atoms with Crippen LogP contribution in [-0.2, 0) is 20.8 Å². The molecule has 0 atom stereocenters. The number of nitrogens with one attached hydrogen (secondary N) is 1. The molecule has 2 heterocycles. The van der Waals surface area contributed by atoms with Gasteiger partial charge in [-0.2, -0.15) is 8.42 Å². The summed E-state index contributed by atoms with van der Waals surface area (Å²) in [5.41, 5.74) is 3.14. The number of aromatic nitrogens is 2. The minimum atomic E-state index is -3.47. The summed E-state index contributed by atoms with van der Waals surface area (Å²) in [6.45, 7) is 1.26. The van der Waals surface area contributed by atoms with Crippen molar-refractivity contribution >= 4 is 27.1 Å². The molecule has 146 valence electrons. The van der Waals surface area contributed by atoms with Crippen molar-refractivity contribution in [3.63, 3.8) is 0 Å². The van der Waals surface area contributed by atoms with E-state index in [1.807, 2.05) is 24.3 Å². The highest BCUT2D eigenvalue weighted by atomic mass is 32.2. The number of carbonyl (C=O) groups excluding carboxylic acids is 1. The molecule has 0 saturated heterocycles. The quantitative estimate of drug-likeness (QED) is 0.499. The lowest BCUT2D eigenvalue weighted by Gasteiger charge is -2.09. The molecule has 0 fully saturated rings. The highest BCUT2D eigenvalue weighted by Gasteiger charge is 2.21. The fraction of sp³-hybridized carbons (Fsp3) is 0.263. The zero-order valence-corrected chi connectivity index (χ0v) is 16.0. The smallest absolute Gasteiger partial charge is 0.264 e. The second-order valence-electron chi connectivity index (χ2n) is 6.42. The van der Waals surface area contributed by atoms with Crippen molar-refractivity contribution in [1.29, 1.82) is 0 Å². The Kier molecular flexibility index (Phi) is 4.78. The summed E-state index contributed by atoms with van der Waals surface area (Å²) >= 11 is 0. The average Bonchev–Trinajstić information content (AvgIpc) is 2.94. The topological polar surface area (TPSA) is 99.5 Å². The molecule has 1 N–H and O–H groups in total. The van der Waals surface area contributed by atoms with Crippen LogP contribution in [0.25, 0.3) is 22.4 Å². The second kappa shape index (κ2) is 7.25. The van der Waals surface area contributed by atoms with Crippen molar-refractivity contribution < 1.29 is 22.1 Å². The molecule has 0 radical (unpaired) electrons. The first-order valence-corrected chi connectivity index (χ1v) is 10.6. The van der Waals surface area contributed by atoms with Crippen molar-refractivity contribution in [1.82, 2.24) is 14.9 Å². The summed E-state index contributed by atoms with van der Waals surface area (Å²) < 4.78 is 34.1. The number of hydrogen-bond acceptors (Lipinski definition) is 6. The van der Waals surface area contributed by atoms with Gasteiger partial charge in [0.25, 0.3) is 16.0 Å². The predicted molar refractivity (Wildman–Crippen MR) is 104 cm³/mol. The number of hydrogen-bond donors (Lipinski definition) is 1. The van der Waals surface area contributed by atoms with Gasteiger partial charge in [-0.3, -0.25) is 8.98 Å². The summed E-state index contributed by atoms with van der Waals surface area (Å²) in [6, 6.07) is 12.9. The van der Waals surface area contributed by atoms with Crippen LogP contribution in [0.15, 0.2) is 42.5 Å². The Hall–Kier alpha value is -2.91. The van der Waals surface area contributed by atoms with E-state index in [2.05, 4.69) is 14.1 Å². The molecule has 0 unspecified atom stereocenters. The molecule has 28 heavy (non-hydrogen) atoms. The highest BCUT2D eigenvalue weighted by Crippen LogP contribution is 2.29. The van der Waals surface area contributed by atoms with Crippen LogP contribution in [0, 0.1) is 0 Å². The summed E-state index contributed by atoms with van der Waals surface area (Å²) in [5.74, 6) is 1.30. The number of rotatable bonds is 6.